The number of fused-ring (bicyclic) bond motifs is 1. The van der Waals surface area contributed by atoms with Crippen LogP contribution in [-0.4, -0.2) is 28.4 Å². The highest BCUT2D eigenvalue weighted by molar-refractivity contribution is 5.98. The molecule has 3 heteroatoms. The molecule has 1 amide bonds. The van der Waals surface area contributed by atoms with Crippen LogP contribution in [0.4, 0.5) is 0 Å². The maximum Gasteiger partial charge on any atom is 0.270 e. The third kappa shape index (κ3) is 2.74. The number of H-pyrrole nitrogens is 1. The summed E-state index contributed by atoms with van der Waals surface area (Å²) in [6, 6.07) is 20.7. The zero-order chi connectivity index (χ0) is 15.6. The summed E-state index contributed by atoms with van der Waals surface area (Å²) < 4.78 is 0. The number of rotatable bonds is 3. The minimum atomic E-state index is 0.125. The molecule has 3 aromatic rings. The molecular weight excluding hydrogens is 284 g/mol. The molecular formula is C20H20N2O. The highest BCUT2D eigenvalue weighted by atomic mass is 16.2. The van der Waals surface area contributed by atoms with E-state index in [-0.39, 0.29) is 5.91 Å². The lowest BCUT2D eigenvalue weighted by Gasteiger charge is -2.24. The molecule has 2 aromatic carbocycles. The third-order valence-corrected chi connectivity index (χ3v) is 4.71. The Morgan fingerprint density at radius 3 is 2.70 bits per heavy atom. The Kier molecular flexibility index (Phi) is 3.62. The zero-order valence-electron chi connectivity index (χ0n) is 13.0. The van der Waals surface area contributed by atoms with Crippen LogP contribution < -0.4 is 0 Å². The Morgan fingerprint density at radius 1 is 1.09 bits per heavy atom. The first kappa shape index (κ1) is 14.1. The second-order valence-electron chi connectivity index (χ2n) is 6.25. The highest BCUT2D eigenvalue weighted by Gasteiger charge is 2.30. The molecule has 1 fully saturated rings. The summed E-state index contributed by atoms with van der Waals surface area (Å²) in [5.41, 5.74) is 3.02. The second kappa shape index (κ2) is 5.92. The summed E-state index contributed by atoms with van der Waals surface area (Å²) in [6.07, 6.45) is 3.11. The Bertz CT molecular complexity index is 789. The first-order valence-electron chi connectivity index (χ1n) is 8.24. The van der Waals surface area contributed by atoms with Gasteiger partial charge in [-0.2, -0.15) is 0 Å². The Balaban J connectivity index is 1.56. The van der Waals surface area contributed by atoms with Crippen molar-refractivity contribution in [3.05, 3.63) is 71.9 Å². The van der Waals surface area contributed by atoms with Crippen LogP contribution in [0.2, 0.25) is 0 Å². The molecule has 1 saturated heterocycles. The molecule has 1 N–H and O–H groups in total. The number of aromatic nitrogens is 1. The molecule has 2 heterocycles. The predicted octanol–water partition coefficient (Wildman–Crippen LogP) is 4.02. The molecule has 1 aliphatic rings. The average Bonchev–Trinajstić information content (AvgIpc) is 3.21. The fourth-order valence-electron chi connectivity index (χ4n) is 3.54. The molecule has 3 nitrogen and oxygen atoms in total. The summed E-state index contributed by atoms with van der Waals surface area (Å²) in [4.78, 5) is 18.2. The lowest BCUT2D eigenvalue weighted by molar-refractivity contribution is 0.0731. The van der Waals surface area contributed by atoms with Crippen molar-refractivity contribution >= 4 is 16.8 Å². The summed E-state index contributed by atoms with van der Waals surface area (Å²) in [5, 5.41) is 1.09. The Morgan fingerprint density at radius 2 is 1.87 bits per heavy atom. The van der Waals surface area contributed by atoms with E-state index in [9.17, 15) is 4.79 Å². The lowest BCUT2D eigenvalue weighted by atomic mass is 10.0. The summed E-state index contributed by atoms with van der Waals surface area (Å²) in [5.74, 6) is 0.125. The summed E-state index contributed by atoms with van der Waals surface area (Å²) in [7, 11) is 0. The molecule has 1 aromatic heterocycles. The van der Waals surface area contributed by atoms with E-state index in [2.05, 4.69) is 29.2 Å². The number of hydrogen-bond acceptors (Lipinski definition) is 1. The maximum atomic E-state index is 12.9. The van der Waals surface area contributed by atoms with Crippen molar-refractivity contribution in [1.29, 1.82) is 0 Å². The lowest BCUT2D eigenvalue weighted by Crippen LogP contribution is -2.37. The van der Waals surface area contributed by atoms with E-state index >= 15 is 0 Å². The van der Waals surface area contributed by atoms with Crippen LogP contribution in [0.1, 0.15) is 28.9 Å². The Hall–Kier alpha value is -2.55. The molecule has 0 aliphatic carbocycles. The van der Waals surface area contributed by atoms with Gasteiger partial charge in [-0.25, -0.2) is 0 Å². The van der Waals surface area contributed by atoms with E-state index in [1.54, 1.807) is 0 Å². The third-order valence-electron chi connectivity index (χ3n) is 4.71. The van der Waals surface area contributed by atoms with Crippen molar-refractivity contribution in [3.8, 4) is 0 Å². The van der Waals surface area contributed by atoms with E-state index in [0.29, 0.717) is 11.7 Å². The van der Waals surface area contributed by atoms with Crippen molar-refractivity contribution in [2.45, 2.75) is 25.3 Å². The van der Waals surface area contributed by atoms with Crippen molar-refractivity contribution < 1.29 is 4.79 Å². The van der Waals surface area contributed by atoms with Gasteiger partial charge in [-0.3, -0.25) is 4.79 Å². The van der Waals surface area contributed by atoms with Gasteiger partial charge in [0.1, 0.15) is 5.69 Å². The number of hydrogen-bond donors (Lipinski definition) is 1. The van der Waals surface area contributed by atoms with Gasteiger partial charge in [0.2, 0.25) is 0 Å². The smallest absolute Gasteiger partial charge is 0.270 e. The number of amides is 1. The zero-order valence-corrected chi connectivity index (χ0v) is 13.0. The average molecular weight is 304 g/mol. The minimum Gasteiger partial charge on any atom is -0.351 e. The van der Waals surface area contributed by atoms with Crippen LogP contribution in [0.5, 0.6) is 0 Å². The van der Waals surface area contributed by atoms with Gasteiger partial charge in [-0.05, 0) is 37.0 Å². The fourth-order valence-corrected chi connectivity index (χ4v) is 3.54. The van der Waals surface area contributed by atoms with Gasteiger partial charge in [0.25, 0.3) is 5.91 Å². The highest BCUT2D eigenvalue weighted by Crippen LogP contribution is 2.24. The summed E-state index contributed by atoms with van der Waals surface area (Å²) >= 11 is 0. The number of nitrogens with one attached hydrogen (secondary N) is 1. The van der Waals surface area contributed by atoms with Gasteiger partial charge in [0.15, 0.2) is 0 Å². The fraction of sp³-hybridized carbons (Fsp3) is 0.250. The SMILES string of the molecule is O=C(c1cc2ccccc2[nH]1)N1CCC[C@H]1Cc1ccccc1. The van der Waals surface area contributed by atoms with Crippen molar-refractivity contribution in [2.24, 2.45) is 0 Å². The number of benzene rings is 2. The number of aromatic amines is 1. The molecule has 1 aliphatic heterocycles. The van der Waals surface area contributed by atoms with Gasteiger partial charge in [0, 0.05) is 23.5 Å². The minimum absolute atomic E-state index is 0.125. The predicted molar refractivity (Wildman–Crippen MR) is 92.5 cm³/mol. The molecule has 0 spiro atoms. The van der Waals surface area contributed by atoms with Crippen LogP contribution in [0, 0.1) is 0 Å². The van der Waals surface area contributed by atoms with E-state index in [4.69, 9.17) is 0 Å². The molecule has 23 heavy (non-hydrogen) atoms. The van der Waals surface area contributed by atoms with Gasteiger partial charge in [-0.1, -0.05) is 48.5 Å². The number of likely N-dealkylation sites (tertiary alicyclic amines) is 1. The first-order chi connectivity index (χ1) is 11.3. The van der Waals surface area contributed by atoms with Gasteiger partial charge in [-0.15, -0.1) is 0 Å². The van der Waals surface area contributed by atoms with Crippen molar-refractivity contribution in [1.82, 2.24) is 9.88 Å². The summed E-state index contributed by atoms with van der Waals surface area (Å²) in [6.45, 7) is 0.853. The van der Waals surface area contributed by atoms with Crippen molar-refractivity contribution in [2.75, 3.05) is 6.54 Å². The number of para-hydroxylation sites is 1. The van der Waals surface area contributed by atoms with E-state index in [0.717, 1.165) is 36.7 Å². The van der Waals surface area contributed by atoms with Crippen LogP contribution in [0.3, 0.4) is 0 Å². The van der Waals surface area contributed by atoms with Crippen LogP contribution >= 0.6 is 0 Å². The van der Waals surface area contributed by atoms with Crippen LogP contribution in [-0.2, 0) is 6.42 Å². The molecule has 4 rings (SSSR count). The molecule has 0 saturated carbocycles. The number of nitrogens with zero attached hydrogens (tertiary/aromatic N) is 1. The van der Waals surface area contributed by atoms with Gasteiger partial charge in [0.05, 0.1) is 0 Å². The molecule has 0 radical (unpaired) electrons. The first-order valence-corrected chi connectivity index (χ1v) is 8.24. The molecule has 1 atom stereocenters. The van der Waals surface area contributed by atoms with Gasteiger partial charge >= 0.3 is 0 Å². The standard InChI is InChI=1S/C20H20N2O/c23-20(19-14-16-9-4-5-11-18(16)21-19)22-12-6-10-17(22)13-15-7-2-1-3-8-15/h1-5,7-9,11,14,17,21H,6,10,12-13H2/t17-/m0/s1. The van der Waals surface area contributed by atoms with E-state index < -0.39 is 0 Å². The number of carbonyl (C=O) groups excluding carboxylic acids is 1. The van der Waals surface area contributed by atoms with Crippen LogP contribution in [0.15, 0.2) is 60.7 Å². The number of carbonyl (C=O) groups is 1. The quantitative estimate of drug-likeness (QED) is 0.779. The monoisotopic (exact) mass is 304 g/mol. The topological polar surface area (TPSA) is 36.1 Å². The van der Waals surface area contributed by atoms with Crippen molar-refractivity contribution in [3.63, 3.8) is 0 Å². The van der Waals surface area contributed by atoms with E-state index in [1.165, 1.54) is 5.56 Å². The normalized spacial score (nSPS) is 17.7. The second-order valence-corrected chi connectivity index (χ2v) is 6.25. The molecule has 116 valence electrons. The maximum absolute atomic E-state index is 12.9. The van der Waals surface area contributed by atoms with E-state index in [1.807, 2.05) is 41.3 Å². The largest absolute Gasteiger partial charge is 0.351 e. The molecule has 0 bridgehead atoms. The Labute approximate surface area is 135 Å². The van der Waals surface area contributed by atoms with Gasteiger partial charge < -0.3 is 9.88 Å². The van der Waals surface area contributed by atoms with Crippen LogP contribution in [0.25, 0.3) is 10.9 Å². The molecule has 0 unspecified atom stereocenters.